The summed E-state index contributed by atoms with van der Waals surface area (Å²) in [4.78, 5) is 24.0. The van der Waals surface area contributed by atoms with Gasteiger partial charge in [-0.05, 0) is 43.9 Å². The Hall–Kier alpha value is -1.06. The van der Waals surface area contributed by atoms with Crippen molar-refractivity contribution in [3.63, 3.8) is 0 Å². The topological polar surface area (TPSA) is 52.6 Å². The first-order valence-corrected chi connectivity index (χ1v) is 12.9. The van der Waals surface area contributed by atoms with Crippen molar-refractivity contribution in [3.8, 4) is 0 Å². The van der Waals surface area contributed by atoms with Gasteiger partial charge in [-0.2, -0.15) is 0 Å². The molecule has 0 saturated heterocycles. The number of esters is 2. The first-order valence-electron chi connectivity index (χ1n) is 12.9. The smallest absolute Gasteiger partial charge is 0.305 e. The molecule has 178 valence electrons. The summed E-state index contributed by atoms with van der Waals surface area (Å²) in [6.45, 7) is 9.84. The van der Waals surface area contributed by atoms with Gasteiger partial charge in [0.1, 0.15) is 0 Å². The summed E-state index contributed by atoms with van der Waals surface area (Å²) in [5.41, 5.74) is 0. The molecular formula is C26H50O4. The van der Waals surface area contributed by atoms with Gasteiger partial charge in [0.25, 0.3) is 0 Å². The lowest BCUT2D eigenvalue weighted by Crippen LogP contribution is -2.15. The van der Waals surface area contributed by atoms with Crippen LogP contribution in [-0.4, -0.2) is 25.2 Å². The van der Waals surface area contributed by atoms with Crippen molar-refractivity contribution in [1.82, 2.24) is 0 Å². The van der Waals surface area contributed by atoms with Crippen LogP contribution in [0.1, 0.15) is 130 Å². The largest absolute Gasteiger partial charge is 0.465 e. The first-order chi connectivity index (χ1) is 14.6. The Bertz CT molecular complexity index is 408. The third kappa shape index (κ3) is 17.8. The van der Waals surface area contributed by atoms with Crippen molar-refractivity contribution in [2.45, 2.75) is 130 Å². The Labute approximate surface area is 186 Å². The summed E-state index contributed by atoms with van der Waals surface area (Å²) in [5, 5.41) is 0. The minimum Gasteiger partial charge on any atom is -0.465 e. The summed E-state index contributed by atoms with van der Waals surface area (Å²) in [5.74, 6) is 0.807. The standard InChI is InChI=1S/C26H50O4/c1-5-9-12-13-19-25(27)30-22-24(17-11-7-3)18-14-15-20-26(28)29-21-23(8-4)16-10-6-2/h23-24H,5-22H2,1-4H3. The van der Waals surface area contributed by atoms with Gasteiger partial charge < -0.3 is 9.47 Å². The minimum absolute atomic E-state index is 0.0512. The lowest BCUT2D eigenvalue weighted by Gasteiger charge is -2.17. The van der Waals surface area contributed by atoms with E-state index in [9.17, 15) is 9.59 Å². The highest BCUT2D eigenvalue weighted by Gasteiger charge is 2.13. The average Bonchev–Trinajstić information content (AvgIpc) is 2.75. The van der Waals surface area contributed by atoms with Gasteiger partial charge in [-0.15, -0.1) is 0 Å². The van der Waals surface area contributed by atoms with Crippen molar-refractivity contribution in [1.29, 1.82) is 0 Å². The molecule has 0 aliphatic heterocycles. The lowest BCUT2D eigenvalue weighted by atomic mass is 9.96. The van der Waals surface area contributed by atoms with E-state index < -0.39 is 0 Å². The van der Waals surface area contributed by atoms with E-state index in [1.54, 1.807) is 0 Å². The summed E-state index contributed by atoms with van der Waals surface area (Å²) in [7, 11) is 0. The first kappa shape index (κ1) is 28.9. The van der Waals surface area contributed by atoms with Crippen LogP contribution in [-0.2, 0) is 19.1 Å². The zero-order valence-electron chi connectivity index (χ0n) is 20.5. The summed E-state index contributed by atoms with van der Waals surface area (Å²) >= 11 is 0. The van der Waals surface area contributed by atoms with E-state index in [1.807, 2.05) is 0 Å². The normalized spacial score (nSPS) is 13.1. The van der Waals surface area contributed by atoms with E-state index in [0.717, 1.165) is 64.2 Å². The molecule has 0 spiro atoms. The molecule has 0 aliphatic rings. The predicted molar refractivity (Wildman–Crippen MR) is 125 cm³/mol. The molecule has 0 aromatic rings. The number of ether oxygens (including phenoxy) is 2. The second-order valence-electron chi connectivity index (χ2n) is 8.85. The van der Waals surface area contributed by atoms with Crippen LogP contribution in [0.5, 0.6) is 0 Å². The Morgan fingerprint density at radius 1 is 0.567 bits per heavy atom. The molecule has 0 rings (SSSR count). The number of carbonyl (C=O) groups is 2. The van der Waals surface area contributed by atoms with Crippen molar-refractivity contribution >= 4 is 11.9 Å². The average molecular weight is 427 g/mol. The zero-order valence-corrected chi connectivity index (χ0v) is 20.5. The van der Waals surface area contributed by atoms with Gasteiger partial charge in [0.05, 0.1) is 13.2 Å². The van der Waals surface area contributed by atoms with Gasteiger partial charge >= 0.3 is 11.9 Å². The number of unbranched alkanes of at least 4 members (excludes halogenated alkanes) is 6. The third-order valence-corrected chi connectivity index (χ3v) is 5.95. The molecule has 0 fully saturated rings. The van der Waals surface area contributed by atoms with E-state index in [-0.39, 0.29) is 11.9 Å². The maximum Gasteiger partial charge on any atom is 0.305 e. The number of rotatable bonds is 21. The molecule has 2 unspecified atom stereocenters. The monoisotopic (exact) mass is 426 g/mol. The molecule has 0 aliphatic carbocycles. The van der Waals surface area contributed by atoms with Crippen molar-refractivity contribution in [2.24, 2.45) is 11.8 Å². The second-order valence-corrected chi connectivity index (χ2v) is 8.85. The van der Waals surface area contributed by atoms with Gasteiger partial charge in [-0.25, -0.2) is 0 Å². The van der Waals surface area contributed by atoms with E-state index in [1.165, 1.54) is 25.7 Å². The number of hydrogen-bond donors (Lipinski definition) is 0. The molecular weight excluding hydrogens is 376 g/mol. The Morgan fingerprint density at radius 3 is 1.57 bits per heavy atom. The van der Waals surface area contributed by atoms with Crippen LogP contribution in [0, 0.1) is 11.8 Å². The van der Waals surface area contributed by atoms with Gasteiger partial charge in [0, 0.05) is 12.8 Å². The van der Waals surface area contributed by atoms with E-state index in [4.69, 9.17) is 9.47 Å². The molecule has 4 nitrogen and oxygen atoms in total. The zero-order chi connectivity index (χ0) is 22.5. The van der Waals surface area contributed by atoms with Gasteiger partial charge in [-0.3, -0.25) is 9.59 Å². The molecule has 0 aromatic heterocycles. The second kappa shape index (κ2) is 21.2. The molecule has 0 radical (unpaired) electrons. The van der Waals surface area contributed by atoms with E-state index in [2.05, 4.69) is 27.7 Å². The van der Waals surface area contributed by atoms with E-state index >= 15 is 0 Å². The quantitative estimate of drug-likeness (QED) is 0.140. The van der Waals surface area contributed by atoms with Crippen LogP contribution in [0.15, 0.2) is 0 Å². The van der Waals surface area contributed by atoms with Crippen LogP contribution < -0.4 is 0 Å². The molecule has 0 aromatic carbocycles. The highest BCUT2D eigenvalue weighted by molar-refractivity contribution is 5.69. The van der Waals surface area contributed by atoms with Gasteiger partial charge in [0.15, 0.2) is 0 Å². The Kier molecular flexibility index (Phi) is 20.4. The molecule has 0 heterocycles. The number of hydrogen-bond acceptors (Lipinski definition) is 4. The molecule has 0 N–H and O–H groups in total. The van der Waals surface area contributed by atoms with Crippen molar-refractivity contribution in [3.05, 3.63) is 0 Å². The molecule has 4 heteroatoms. The summed E-state index contributed by atoms with van der Waals surface area (Å²) < 4.78 is 11.0. The Balaban J connectivity index is 4.01. The fourth-order valence-corrected chi connectivity index (χ4v) is 3.67. The fraction of sp³-hybridized carbons (Fsp3) is 0.923. The summed E-state index contributed by atoms with van der Waals surface area (Å²) in [6.07, 6.45) is 16.4. The van der Waals surface area contributed by atoms with Crippen LogP contribution in [0.4, 0.5) is 0 Å². The highest BCUT2D eigenvalue weighted by atomic mass is 16.5. The predicted octanol–water partition coefficient (Wildman–Crippen LogP) is 7.63. The molecule has 0 saturated carbocycles. The molecule has 0 amide bonds. The van der Waals surface area contributed by atoms with Crippen LogP contribution in [0.25, 0.3) is 0 Å². The SMILES string of the molecule is CCCCCCC(=O)OCC(CCCC)CCCCC(=O)OCC(CC)CCCC. The van der Waals surface area contributed by atoms with Crippen LogP contribution in [0.3, 0.4) is 0 Å². The Morgan fingerprint density at radius 2 is 1.03 bits per heavy atom. The fourth-order valence-electron chi connectivity index (χ4n) is 3.67. The van der Waals surface area contributed by atoms with E-state index in [0.29, 0.717) is 37.9 Å². The molecule has 30 heavy (non-hydrogen) atoms. The van der Waals surface area contributed by atoms with Crippen LogP contribution in [0.2, 0.25) is 0 Å². The number of carbonyl (C=O) groups excluding carboxylic acids is 2. The maximum absolute atomic E-state index is 12.0. The maximum atomic E-state index is 12.0. The van der Waals surface area contributed by atoms with Crippen molar-refractivity contribution < 1.29 is 19.1 Å². The van der Waals surface area contributed by atoms with Crippen molar-refractivity contribution in [2.75, 3.05) is 13.2 Å². The summed E-state index contributed by atoms with van der Waals surface area (Å²) in [6, 6.07) is 0. The van der Waals surface area contributed by atoms with Gasteiger partial charge in [0.2, 0.25) is 0 Å². The lowest BCUT2D eigenvalue weighted by molar-refractivity contribution is -0.145. The minimum atomic E-state index is -0.0615. The van der Waals surface area contributed by atoms with Gasteiger partial charge in [-0.1, -0.05) is 85.5 Å². The molecule has 2 atom stereocenters. The highest BCUT2D eigenvalue weighted by Crippen LogP contribution is 2.19. The van der Waals surface area contributed by atoms with Crippen LogP contribution >= 0.6 is 0 Å². The molecule has 0 bridgehead atoms. The third-order valence-electron chi connectivity index (χ3n) is 5.95.